The standard InChI is InChI=1S/C18H23N5O2/c1-12-21-16(22-25-12)14-5-3-13(4-6-14)7-20-17(24)18-10-19-8-15(18)9-23(2)11-18/h3-6,15,19H,7-11H2,1-2H3,(H,20,24)/t15-,18-/m1/s1. The molecule has 2 N–H and O–H groups in total. The van der Waals surface area contributed by atoms with Crippen LogP contribution in [0.2, 0.25) is 0 Å². The quantitative estimate of drug-likeness (QED) is 0.856. The number of carbonyl (C=O) groups excluding carboxylic acids is 1. The highest BCUT2D eigenvalue weighted by Gasteiger charge is 2.53. The Hall–Kier alpha value is -2.25. The lowest BCUT2D eigenvalue weighted by Gasteiger charge is -2.26. The van der Waals surface area contributed by atoms with Crippen molar-refractivity contribution in [2.45, 2.75) is 13.5 Å². The van der Waals surface area contributed by atoms with Gasteiger partial charge < -0.3 is 20.1 Å². The Kier molecular flexibility index (Phi) is 4.05. The van der Waals surface area contributed by atoms with Crippen molar-refractivity contribution in [2.24, 2.45) is 11.3 Å². The number of hydrogen-bond acceptors (Lipinski definition) is 6. The molecule has 0 spiro atoms. The number of fused-ring (bicyclic) bond motifs is 1. The van der Waals surface area contributed by atoms with Crippen LogP contribution in [0.4, 0.5) is 0 Å². The normalized spacial score (nSPS) is 25.9. The number of aryl methyl sites for hydroxylation is 1. The van der Waals surface area contributed by atoms with Crippen LogP contribution in [-0.2, 0) is 11.3 Å². The SMILES string of the molecule is Cc1nc(-c2ccc(CNC(=O)[C@@]34CNC[C@@H]3CN(C)C4)cc2)no1. The highest BCUT2D eigenvalue weighted by Crippen LogP contribution is 2.38. The van der Waals surface area contributed by atoms with E-state index < -0.39 is 0 Å². The Morgan fingerprint density at radius 1 is 1.44 bits per heavy atom. The average molecular weight is 341 g/mol. The largest absolute Gasteiger partial charge is 0.351 e. The summed E-state index contributed by atoms with van der Waals surface area (Å²) in [6.07, 6.45) is 0. The predicted molar refractivity (Wildman–Crippen MR) is 92.6 cm³/mol. The minimum Gasteiger partial charge on any atom is -0.351 e. The molecule has 3 heterocycles. The van der Waals surface area contributed by atoms with Gasteiger partial charge in [-0.05, 0) is 12.6 Å². The highest BCUT2D eigenvalue weighted by molar-refractivity contribution is 5.84. The minimum atomic E-state index is -0.281. The second kappa shape index (κ2) is 6.24. The summed E-state index contributed by atoms with van der Waals surface area (Å²) in [7, 11) is 2.09. The van der Waals surface area contributed by atoms with Crippen molar-refractivity contribution in [3.8, 4) is 11.4 Å². The first-order valence-electron chi connectivity index (χ1n) is 8.64. The van der Waals surface area contributed by atoms with Crippen LogP contribution in [0, 0.1) is 18.3 Å². The number of benzene rings is 1. The number of aromatic nitrogens is 2. The van der Waals surface area contributed by atoms with Gasteiger partial charge in [0.05, 0.1) is 5.41 Å². The Bertz CT molecular complexity index is 772. The summed E-state index contributed by atoms with van der Waals surface area (Å²) in [5.74, 6) is 1.69. The zero-order valence-corrected chi connectivity index (χ0v) is 14.6. The van der Waals surface area contributed by atoms with Crippen molar-refractivity contribution in [3.63, 3.8) is 0 Å². The van der Waals surface area contributed by atoms with E-state index in [0.29, 0.717) is 24.2 Å². The summed E-state index contributed by atoms with van der Waals surface area (Å²) in [6.45, 7) is 5.81. The van der Waals surface area contributed by atoms with Gasteiger partial charge in [0.15, 0.2) is 0 Å². The van der Waals surface area contributed by atoms with E-state index in [2.05, 4.69) is 32.7 Å². The van der Waals surface area contributed by atoms with Crippen molar-refractivity contribution >= 4 is 5.91 Å². The number of likely N-dealkylation sites (tertiary alicyclic amines) is 1. The summed E-state index contributed by atoms with van der Waals surface area (Å²) in [5.41, 5.74) is 1.68. The van der Waals surface area contributed by atoms with Gasteiger partial charge in [-0.25, -0.2) is 0 Å². The molecule has 25 heavy (non-hydrogen) atoms. The number of nitrogens with one attached hydrogen (secondary N) is 2. The number of carbonyl (C=O) groups is 1. The van der Waals surface area contributed by atoms with Crippen molar-refractivity contribution in [3.05, 3.63) is 35.7 Å². The summed E-state index contributed by atoms with van der Waals surface area (Å²) < 4.78 is 5.01. The molecule has 0 saturated carbocycles. The van der Waals surface area contributed by atoms with Gasteiger partial charge in [-0.3, -0.25) is 4.79 Å². The van der Waals surface area contributed by atoms with Crippen LogP contribution in [0.15, 0.2) is 28.8 Å². The Morgan fingerprint density at radius 3 is 2.96 bits per heavy atom. The molecule has 7 heteroatoms. The maximum atomic E-state index is 12.8. The summed E-state index contributed by atoms with van der Waals surface area (Å²) in [5, 5.41) is 10.4. The lowest BCUT2D eigenvalue weighted by atomic mass is 9.80. The zero-order valence-electron chi connectivity index (χ0n) is 14.6. The molecule has 4 rings (SSSR count). The molecule has 2 aliphatic rings. The molecular formula is C18H23N5O2. The van der Waals surface area contributed by atoms with Gasteiger partial charge in [-0.2, -0.15) is 4.98 Å². The minimum absolute atomic E-state index is 0.157. The molecule has 2 aliphatic heterocycles. The van der Waals surface area contributed by atoms with Crippen LogP contribution >= 0.6 is 0 Å². The lowest BCUT2D eigenvalue weighted by molar-refractivity contribution is -0.130. The molecule has 2 atom stereocenters. The third-order valence-corrected chi connectivity index (χ3v) is 5.34. The topological polar surface area (TPSA) is 83.3 Å². The van der Waals surface area contributed by atoms with Gasteiger partial charge in [-0.15, -0.1) is 0 Å². The van der Waals surface area contributed by atoms with Crippen LogP contribution in [0.3, 0.4) is 0 Å². The molecule has 2 saturated heterocycles. The first kappa shape index (κ1) is 16.2. The van der Waals surface area contributed by atoms with E-state index in [1.165, 1.54) is 0 Å². The van der Waals surface area contributed by atoms with E-state index in [9.17, 15) is 4.79 Å². The number of amides is 1. The van der Waals surface area contributed by atoms with E-state index in [1.54, 1.807) is 6.92 Å². The predicted octanol–water partition coefficient (Wildman–Crippen LogP) is 0.812. The van der Waals surface area contributed by atoms with Crippen LogP contribution in [-0.4, -0.2) is 54.2 Å². The molecule has 0 bridgehead atoms. The molecule has 132 valence electrons. The second-order valence-electron chi connectivity index (χ2n) is 7.20. The van der Waals surface area contributed by atoms with Crippen LogP contribution in [0.25, 0.3) is 11.4 Å². The second-order valence-corrected chi connectivity index (χ2v) is 7.20. The Morgan fingerprint density at radius 2 is 2.24 bits per heavy atom. The zero-order chi connectivity index (χ0) is 17.4. The van der Waals surface area contributed by atoms with Gasteiger partial charge in [-0.1, -0.05) is 29.4 Å². The Balaban J connectivity index is 1.40. The molecule has 1 aromatic carbocycles. The van der Waals surface area contributed by atoms with E-state index in [0.717, 1.165) is 37.3 Å². The highest BCUT2D eigenvalue weighted by atomic mass is 16.5. The fourth-order valence-corrected chi connectivity index (χ4v) is 4.04. The van der Waals surface area contributed by atoms with Gasteiger partial charge in [0, 0.05) is 51.1 Å². The monoisotopic (exact) mass is 341 g/mol. The molecule has 1 aromatic heterocycles. The summed E-state index contributed by atoms with van der Waals surface area (Å²) in [6, 6.07) is 7.88. The van der Waals surface area contributed by atoms with Crippen molar-refractivity contribution < 1.29 is 9.32 Å². The first-order valence-corrected chi connectivity index (χ1v) is 8.64. The maximum absolute atomic E-state index is 12.8. The number of rotatable bonds is 4. The fourth-order valence-electron chi connectivity index (χ4n) is 4.04. The number of hydrogen-bond donors (Lipinski definition) is 2. The van der Waals surface area contributed by atoms with Gasteiger partial charge in [0.25, 0.3) is 0 Å². The van der Waals surface area contributed by atoms with Crippen LogP contribution in [0.1, 0.15) is 11.5 Å². The Labute approximate surface area is 146 Å². The molecular weight excluding hydrogens is 318 g/mol. The van der Waals surface area contributed by atoms with Gasteiger partial charge >= 0.3 is 0 Å². The molecule has 2 aromatic rings. The van der Waals surface area contributed by atoms with Gasteiger partial charge in [0.2, 0.25) is 17.6 Å². The van der Waals surface area contributed by atoms with E-state index in [-0.39, 0.29) is 11.3 Å². The van der Waals surface area contributed by atoms with Crippen molar-refractivity contribution in [1.29, 1.82) is 0 Å². The summed E-state index contributed by atoms with van der Waals surface area (Å²) in [4.78, 5) is 19.3. The van der Waals surface area contributed by atoms with E-state index >= 15 is 0 Å². The van der Waals surface area contributed by atoms with Gasteiger partial charge in [0.1, 0.15) is 0 Å². The number of nitrogens with zero attached hydrogens (tertiary/aromatic N) is 3. The molecule has 7 nitrogen and oxygen atoms in total. The lowest BCUT2D eigenvalue weighted by Crippen LogP contribution is -2.46. The van der Waals surface area contributed by atoms with Crippen molar-refractivity contribution in [1.82, 2.24) is 25.7 Å². The summed E-state index contributed by atoms with van der Waals surface area (Å²) >= 11 is 0. The molecule has 1 amide bonds. The molecule has 0 unspecified atom stereocenters. The van der Waals surface area contributed by atoms with Crippen LogP contribution < -0.4 is 10.6 Å². The van der Waals surface area contributed by atoms with E-state index in [4.69, 9.17) is 4.52 Å². The van der Waals surface area contributed by atoms with Crippen LogP contribution in [0.5, 0.6) is 0 Å². The molecule has 0 aliphatic carbocycles. The molecule has 2 fully saturated rings. The third kappa shape index (κ3) is 2.94. The first-order chi connectivity index (χ1) is 12.1. The third-order valence-electron chi connectivity index (χ3n) is 5.34. The smallest absolute Gasteiger partial charge is 0.229 e. The van der Waals surface area contributed by atoms with Crippen molar-refractivity contribution in [2.75, 3.05) is 33.2 Å². The average Bonchev–Trinajstić information content (AvgIpc) is 3.27. The maximum Gasteiger partial charge on any atom is 0.229 e. The molecule has 0 radical (unpaired) electrons. The van der Waals surface area contributed by atoms with E-state index in [1.807, 2.05) is 24.3 Å². The fraction of sp³-hybridized carbons (Fsp3) is 0.500.